The quantitative estimate of drug-likeness (QED) is 0.309. The maximum absolute atomic E-state index is 15.6. The van der Waals surface area contributed by atoms with E-state index >= 15 is 4.39 Å². The normalized spacial score (nSPS) is 20.8. The molecule has 11 nitrogen and oxygen atoms in total. The minimum Gasteiger partial charge on any atom is -0.344 e. The van der Waals surface area contributed by atoms with Crippen molar-refractivity contribution < 1.29 is 36.7 Å². The van der Waals surface area contributed by atoms with E-state index in [1.807, 2.05) is 7.05 Å². The molecule has 1 saturated carbocycles. The highest BCUT2D eigenvalue weighted by Gasteiger charge is 2.44. The molecule has 2 heterocycles. The molecular weight excluding hydrogens is 634 g/mol. The number of aromatic nitrogens is 2. The summed E-state index contributed by atoms with van der Waals surface area (Å²) in [5.74, 6) is -5.51. The molecule has 2 aromatic rings. The average molecular weight is 680 g/mol. The lowest BCUT2D eigenvalue weighted by atomic mass is 9.78. The smallest absolute Gasteiger partial charge is 0.344 e. The molecule has 2 aliphatic rings. The van der Waals surface area contributed by atoms with Crippen molar-refractivity contribution in [3.63, 3.8) is 0 Å². The molecule has 15 heteroatoms. The van der Waals surface area contributed by atoms with E-state index in [1.165, 1.54) is 29.1 Å². The van der Waals surface area contributed by atoms with Gasteiger partial charge in [0.05, 0.1) is 11.6 Å². The van der Waals surface area contributed by atoms with Crippen molar-refractivity contribution in [2.45, 2.75) is 83.6 Å². The number of alkyl halides is 3. The van der Waals surface area contributed by atoms with E-state index in [2.05, 4.69) is 25.9 Å². The van der Waals surface area contributed by atoms with Crippen LogP contribution >= 0.6 is 0 Å². The van der Waals surface area contributed by atoms with Gasteiger partial charge in [0, 0.05) is 51.3 Å². The van der Waals surface area contributed by atoms with Crippen molar-refractivity contribution in [2.75, 3.05) is 38.5 Å². The van der Waals surface area contributed by atoms with Gasteiger partial charge in [-0.05, 0) is 69.3 Å². The standard InChI is InChI=1S/C33H45F4N7O4/c1-5-27(45)40-28(32(48)43-17-15-42(4)16-18-43)20(3)22-9-12-25(24(34)19-22)39-31(47)29(21-7-10-23(11-8-21)33(35,36)37)41-30(46)26-13-14-38-44(26)6-2/h9,12-14,19-21,23,28-29H,5-8,10-11,15-18H2,1-4H3,(H,39,47)(H,40,45)(H,41,46)/t20-,21-,23-,28+,29-/m0/s1. The lowest BCUT2D eigenvalue weighted by Crippen LogP contribution is -2.55. The Morgan fingerprint density at radius 1 is 0.979 bits per heavy atom. The van der Waals surface area contributed by atoms with Crippen LogP contribution in [0.15, 0.2) is 30.5 Å². The molecule has 0 bridgehead atoms. The summed E-state index contributed by atoms with van der Waals surface area (Å²) >= 11 is 0. The number of amides is 4. The van der Waals surface area contributed by atoms with Crippen molar-refractivity contribution in [2.24, 2.45) is 11.8 Å². The Kier molecular flexibility index (Phi) is 12.2. The number of anilines is 1. The fourth-order valence-electron chi connectivity index (χ4n) is 6.39. The summed E-state index contributed by atoms with van der Waals surface area (Å²) in [6.07, 6.45) is -3.06. The Balaban J connectivity index is 1.53. The van der Waals surface area contributed by atoms with Crippen LogP contribution in [0.1, 0.15) is 74.8 Å². The molecule has 2 fully saturated rings. The van der Waals surface area contributed by atoms with E-state index in [0.29, 0.717) is 38.3 Å². The Morgan fingerprint density at radius 2 is 1.65 bits per heavy atom. The van der Waals surface area contributed by atoms with Crippen LogP contribution in [0, 0.1) is 17.7 Å². The van der Waals surface area contributed by atoms with Gasteiger partial charge in [0.2, 0.25) is 17.7 Å². The third-order valence-corrected chi connectivity index (χ3v) is 9.52. The van der Waals surface area contributed by atoms with E-state index in [4.69, 9.17) is 0 Å². The second-order valence-electron chi connectivity index (χ2n) is 12.7. The summed E-state index contributed by atoms with van der Waals surface area (Å²) in [6.45, 7) is 7.91. The van der Waals surface area contributed by atoms with E-state index in [0.717, 1.165) is 0 Å². The largest absolute Gasteiger partial charge is 0.391 e. The number of halogens is 4. The molecule has 1 aromatic heterocycles. The van der Waals surface area contributed by atoms with Crippen LogP contribution in [0.3, 0.4) is 0 Å². The lowest BCUT2D eigenvalue weighted by Gasteiger charge is -2.36. The first-order valence-corrected chi connectivity index (χ1v) is 16.5. The van der Waals surface area contributed by atoms with Crippen molar-refractivity contribution >= 4 is 29.3 Å². The second-order valence-corrected chi connectivity index (χ2v) is 12.7. The predicted octanol–water partition coefficient (Wildman–Crippen LogP) is 3.92. The average Bonchev–Trinajstić information content (AvgIpc) is 3.55. The Morgan fingerprint density at radius 3 is 2.23 bits per heavy atom. The van der Waals surface area contributed by atoms with Gasteiger partial charge in [-0.25, -0.2) is 4.39 Å². The number of carbonyl (C=O) groups excluding carboxylic acids is 4. The topological polar surface area (TPSA) is 129 Å². The number of likely N-dealkylation sites (N-methyl/N-ethyl adjacent to an activating group) is 1. The van der Waals surface area contributed by atoms with Crippen LogP contribution in [-0.2, 0) is 20.9 Å². The first kappa shape index (κ1) is 36.8. The van der Waals surface area contributed by atoms with Gasteiger partial charge in [0.25, 0.3) is 5.91 Å². The SMILES string of the molecule is CCC(=O)N[C@@H](C(=O)N1CCN(C)CC1)[C@@H](C)c1ccc(NC(=O)[C@@H](NC(=O)c2ccnn2CC)[C@H]2CC[C@H](C(F)(F)F)CC2)c(F)c1. The summed E-state index contributed by atoms with van der Waals surface area (Å²) in [7, 11) is 1.96. The minimum absolute atomic E-state index is 0.0424. The monoisotopic (exact) mass is 679 g/mol. The molecule has 1 aliphatic carbocycles. The Bertz CT molecular complexity index is 1450. The molecule has 3 atom stereocenters. The van der Waals surface area contributed by atoms with Gasteiger partial charge in [-0.3, -0.25) is 23.9 Å². The lowest BCUT2D eigenvalue weighted by molar-refractivity contribution is -0.184. The first-order valence-electron chi connectivity index (χ1n) is 16.5. The van der Waals surface area contributed by atoms with E-state index in [-0.39, 0.29) is 55.3 Å². The van der Waals surface area contributed by atoms with Gasteiger partial charge in [-0.15, -0.1) is 0 Å². The van der Waals surface area contributed by atoms with Crippen LogP contribution in [0.25, 0.3) is 0 Å². The zero-order chi connectivity index (χ0) is 35.2. The number of hydrogen-bond acceptors (Lipinski definition) is 6. The van der Waals surface area contributed by atoms with E-state index in [1.54, 1.807) is 31.7 Å². The third kappa shape index (κ3) is 8.91. The maximum Gasteiger partial charge on any atom is 0.391 e. The van der Waals surface area contributed by atoms with Crippen molar-refractivity contribution in [3.8, 4) is 0 Å². The molecule has 3 N–H and O–H groups in total. The molecule has 1 aliphatic heterocycles. The highest BCUT2D eigenvalue weighted by molar-refractivity contribution is 6.00. The molecule has 48 heavy (non-hydrogen) atoms. The molecule has 4 amide bonds. The molecule has 4 rings (SSSR count). The number of benzene rings is 1. The summed E-state index contributed by atoms with van der Waals surface area (Å²) in [4.78, 5) is 56.5. The number of hydrogen-bond donors (Lipinski definition) is 3. The molecule has 0 spiro atoms. The molecule has 1 saturated heterocycles. The number of nitrogens with one attached hydrogen (secondary N) is 3. The Hall–Kier alpha value is -4.01. The molecule has 0 radical (unpaired) electrons. The van der Waals surface area contributed by atoms with E-state index < -0.39 is 53.6 Å². The summed E-state index contributed by atoms with van der Waals surface area (Å²) in [5, 5.41) is 12.0. The number of carbonyl (C=O) groups is 4. The zero-order valence-corrected chi connectivity index (χ0v) is 27.8. The summed E-state index contributed by atoms with van der Waals surface area (Å²) in [5.41, 5.74) is 0.398. The van der Waals surface area contributed by atoms with Crippen molar-refractivity contribution in [1.82, 2.24) is 30.2 Å². The predicted molar refractivity (Wildman–Crippen MR) is 170 cm³/mol. The van der Waals surface area contributed by atoms with Gasteiger partial charge in [-0.1, -0.05) is 19.9 Å². The number of rotatable bonds is 11. The van der Waals surface area contributed by atoms with Crippen LogP contribution in [0.2, 0.25) is 0 Å². The Labute approximate surface area is 277 Å². The fourth-order valence-corrected chi connectivity index (χ4v) is 6.39. The van der Waals surface area contributed by atoms with Crippen molar-refractivity contribution in [3.05, 3.63) is 47.5 Å². The maximum atomic E-state index is 15.6. The molecule has 1 aromatic carbocycles. The third-order valence-electron chi connectivity index (χ3n) is 9.52. The second kappa shape index (κ2) is 15.9. The minimum atomic E-state index is -4.35. The number of nitrogens with zero attached hydrogens (tertiary/aromatic N) is 4. The molecule has 264 valence electrons. The summed E-state index contributed by atoms with van der Waals surface area (Å²) in [6, 6.07) is 3.36. The van der Waals surface area contributed by atoms with Crippen LogP contribution in [0.4, 0.5) is 23.2 Å². The highest BCUT2D eigenvalue weighted by atomic mass is 19.4. The molecule has 0 unspecified atom stereocenters. The number of aryl methyl sites for hydroxylation is 1. The van der Waals surface area contributed by atoms with Gasteiger partial charge >= 0.3 is 6.18 Å². The van der Waals surface area contributed by atoms with Gasteiger partial charge in [-0.2, -0.15) is 18.3 Å². The zero-order valence-electron chi connectivity index (χ0n) is 27.8. The van der Waals surface area contributed by atoms with E-state index in [9.17, 15) is 32.3 Å². The summed E-state index contributed by atoms with van der Waals surface area (Å²) < 4.78 is 57.1. The van der Waals surface area contributed by atoms with Crippen LogP contribution in [-0.4, -0.2) is 94.7 Å². The van der Waals surface area contributed by atoms with Crippen LogP contribution in [0.5, 0.6) is 0 Å². The fraction of sp³-hybridized carbons (Fsp3) is 0.606. The number of piperazine rings is 1. The first-order chi connectivity index (χ1) is 22.7. The highest BCUT2D eigenvalue weighted by Crippen LogP contribution is 2.40. The van der Waals surface area contributed by atoms with Gasteiger partial charge in [0.15, 0.2) is 0 Å². The van der Waals surface area contributed by atoms with Crippen molar-refractivity contribution in [1.29, 1.82) is 0 Å². The van der Waals surface area contributed by atoms with Crippen LogP contribution < -0.4 is 16.0 Å². The van der Waals surface area contributed by atoms with Gasteiger partial charge in [0.1, 0.15) is 23.6 Å². The van der Waals surface area contributed by atoms with Gasteiger partial charge < -0.3 is 25.8 Å². The molecular formula is C33H45F4N7O4.